The van der Waals surface area contributed by atoms with E-state index in [9.17, 15) is 13.2 Å². The van der Waals surface area contributed by atoms with Gasteiger partial charge in [-0.3, -0.25) is 4.79 Å². The normalized spacial score (nSPS) is 26.7. The van der Waals surface area contributed by atoms with Gasteiger partial charge in [0, 0.05) is 25.6 Å². The number of amides is 1. The number of carbonyl (C=O) groups is 1. The Kier molecular flexibility index (Phi) is 5.88. The van der Waals surface area contributed by atoms with E-state index in [0.717, 1.165) is 19.4 Å². The second kappa shape index (κ2) is 6.73. The molecule has 0 aliphatic carbocycles. The molecule has 2 fully saturated rings. The Morgan fingerprint density at radius 1 is 1.28 bits per heavy atom. The highest BCUT2D eigenvalue weighted by Crippen LogP contribution is 2.13. The van der Waals surface area contributed by atoms with Crippen molar-refractivity contribution in [1.29, 1.82) is 0 Å². The van der Waals surface area contributed by atoms with E-state index in [-0.39, 0.29) is 29.8 Å². The van der Waals surface area contributed by atoms with Gasteiger partial charge < -0.3 is 10.2 Å². The first-order valence-corrected chi connectivity index (χ1v) is 8.10. The maximum atomic E-state index is 11.9. The zero-order valence-electron chi connectivity index (χ0n) is 10.4. The van der Waals surface area contributed by atoms with Gasteiger partial charge in [0.1, 0.15) is 0 Å². The van der Waals surface area contributed by atoms with Gasteiger partial charge in [-0.1, -0.05) is 0 Å². The first kappa shape index (κ1) is 15.7. The van der Waals surface area contributed by atoms with E-state index in [1.54, 1.807) is 4.90 Å². The van der Waals surface area contributed by atoms with Crippen LogP contribution in [0.3, 0.4) is 0 Å². The number of nitrogens with zero attached hydrogens (tertiary/aromatic N) is 1. The Hall–Kier alpha value is -0.330. The van der Waals surface area contributed by atoms with Crippen molar-refractivity contribution in [1.82, 2.24) is 10.2 Å². The SMILES string of the molecule is Cl.O=C(CCC1CCCN1)N1CCS(=O)(=O)CC1. The van der Waals surface area contributed by atoms with Crippen LogP contribution in [0.5, 0.6) is 0 Å². The number of hydrogen-bond donors (Lipinski definition) is 1. The van der Waals surface area contributed by atoms with Gasteiger partial charge in [0.2, 0.25) is 5.91 Å². The van der Waals surface area contributed by atoms with Crippen LogP contribution in [0.15, 0.2) is 0 Å². The van der Waals surface area contributed by atoms with Crippen molar-refractivity contribution in [2.24, 2.45) is 0 Å². The highest BCUT2D eigenvalue weighted by atomic mass is 35.5. The van der Waals surface area contributed by atoms with Crippen LogP contribution in [0.2, 0.25) is 0 Å². The second-order valence-corrected chi connectivity index (χ2v) is 7.17. The maximum Gasteiger partial charge on any atom is 0.222 e. The Morgan fingerprint density at radius 3 is 2.50 bits per heavy atom. The lowest BCUT2D eigenvalue weighted by Crippen LogP contribution is -2.44. The van der Waals surface area contributed by atoms with Crippen molar-refractivity contribution in [3.05, 3.63) is 0 Å². The second-order valence-electron chi connectivity index (χ2n) is 4.86. The van der Waals surface area contributed by atoms with Gasteiger partial charge in [-0.25, -0.2) is 8.42 Å². The predicted molar refractivity (Wildman–Crippen MR) is 72.7 cm³/mol. The zero-order valence-corrected chi connectivity index (χ0v) is 12.1. The monoisotopic (exact) mass is 296 g/mol. The molecule has 1 unspecified atom stereocenters. The summed E-state index contributed by atoms with van der Waals surface area (Å²) in [6, 6.07) is 0.479. The summed E-state index contributed by atoms with van der Waals surface area (Å²) in [6.07, 6.45) is 3.77. The average Bonchev–Trinajstić information content (AvgIpc) is 2.78. The van der Waals surface area contributed by atoms with E-state index >= 15 is 0 Å². The fraction of sp³-hybridized carbons (Fsp3) is 0.909. The highest BCUT2D eigenvalue weighted by Gasteiger charge is 2.25. The summed E-state index contributed by atoms with van der Waals surface area (Å²) in [5.74, 6) is 0.356. The topological polar surface area (TPSA) is 66.5 Å². The van der Waals surface area contributed by atoms with Crippen LogP contribution in [-0.2, 0) is 14.6 Å². The molecule has 5 nitrogen and oxygen atoms in total. The summed E-state index contributed by atoms with van der Waals surface area (Å²) in [6.45, 7) is 1.80. The standard InChI is InChI=1S/C11H20N2O3S.ClH/c14-11(4-3-10-2-1-5-12-10)13-6-8-17(15,16)9-7-13;/h10,12H,1-9H2;1H. The van der Waals surface area contributed by atoms with Crippen LogP contribution in [0.4, 0.5) is 0 Å². The molecule has 2 saturated heterocycles. The molecule has 0 bridgehead atoms. The van der Waals surface area contributed by atoms with Gasteiger partial charge in [-0.2, -0.15) is 0 Å². The van der Waals surface area contributed by atoms with Gasteiger partial charge in [-0.15, -0.1) is 12.4 Å². The van der Waals surface area contributed by atoms with Gasteiger partial charge in [0.15, 0.2) is 9.84 Å². The molecule has 0 saturated carbocycles. The first-order chi connectivity index (χ1) is 8.07. The minimum atomic E-state index is -2.89. The van der Waals surface area contributed by atoms with Gasteiger partial charge in [-0.05, 0) is 25.8 Å². The van der Waals surface area contributed by atoms with Crippen LogP contribution < -0.4 is 5.32 Å². The van der Waals surface area contributed by atoms with Gasteiger partial charge in [0.05, 0.1) is 11.5 Å². The van der Waals surface area contributed by atoms with Crippen molar-refractivity contribution in [3.8, 4) is 0 Å². The quantitative estimate of drug-likeness (QED) is 0.808. The smallest absolute Gasteiger partial charge is 0.222 e. The number of sulfone groups is 1. The molecule has 0 radical (unpaired) electrons. The Balaban J connectivity index is 0.00000162. The average molecular weight is 297 g/mol. The van der Waals surface area contributed by atoms with E-state index in [1.165, 1.54) is 6.42 Å². The summed E-state index contributed by atoms with van der Waals surface area (Å²) in [7, 11) is -2.89. The summed E-state index contributed by atoms with van der Waals surface area (Å²) in [5.41, 5.74) is 0. The molecule has 1 atom stereocenters. The number of halogens is 1. The third kappa shape index (κ3) is 4.40. The molecule has 106 valence electrons. The Morgan fingerprint density at radius 2 is 1.94 bits per heavy atom. The van der Waals surface area contributed by atoms with E-state index in [2.05, 4.69) is 5.32 Å². The molecule has 2 aliphatic heterocycles. The number of hydrogen-bond acceptors (Lipinski definition) is 4. The van der Waals surface area contributed by atoms with Crippen LogP contribution in [-0.4, -0.2) is 56.4 Å². The fourth-order valence-corrected chi connectivity index (χ4v) is 3.62. The largest absolute Gasteiger partial charge is 0.341 e. The third-order valence-electron chi connectivity index (χ3n) is 3.57. The van der Waals surface area contributed by atoms with E-state index < -0.39 is 9.84 Å². The molecule has 0 aromatic rings. The molecule has 1 N–H and O–H groups in total. The molecule has 1 amide bonds. The summed E-state index contributed by atoms with van der Waals surface area (Å²) in [4.78, 5) is 13.6. The van der Waals surface area contributed by atoms with E-state index in [1.807, 2.05) is 0 Å². The lowest BCUT2D eigenvalue weighted by atomic mass is 10.1. The van der Waals surface area contributed by atoms with Crippen molar-refractivity contribution in [2.45, 2.75) is 31.7 Å². The first-order valence-electron chi connectivity index (χ1n) is 6.28. The Bertz CT molecular complexity index is 366. The molecule has 2 aliphatic rings. The zero-order chi connectivity index (χ0) is 12.3. The van der Waals surface area contributed by atoms with Gasteiger partial charge in [0.25, 0.3) is 0 Å². The number of rotatable bonds is 3. The van der Waals surface area contributed by atoms with Crippen molar-refractivity contribution < 1.29 is 13.2 Å². The van der Waals surface area contributed by atoms with Crippen LogP contribution >= 0.6 is 12.4 Å². The molecule has 7 heteroatoms. The van der Waals surface area contributed by atoms with Crippen molar-refractivity contribution in [2.75, 3.05) is 31.1 Å². The van der Waals surface area contributed by atoms with Crippen molar-refractivity contribution >= 4 is 28.2 Å². The molecule has 2 rings (SSSR count). The lowest BCUT2D eigenvalue weighted by Gasteiger charge is -2.27. The van der Waals surface area contributed by atoms with Crippen molar-refractivity contribution in [3.63, 3.8) is 0 Å². The fourth-order valence-electron chi connectivity index (χ4n) is 2.42. The minimum absolute atomic E-state index is 0. The highest BCUT2D eigenvalue weighted by molar-refractivity contribution is 7.91. The van der Waals surface area contributed by atoms with Crippen LogP contribution in [0.1, 0.15) is 25.7 Å². The predicted octanol–water partition coefficient (Wildman–Crippen LogP) is 0.197. The van der Waals surface area contributed by atoms with Gasteiger partial charge >= 0.3 is 0 Å². The van der Waals surface area contributed by atoms with E-state index in [0.29, 0.717) is 25.6 Å². The Labute approximate surface area is 115 Å². The minimum Gasteiger partial charge on any atom is -0.341 e. The number of carbonyl (C=O) groups excluding carboxylic acids is 1. The maximum absolute atomic E-state index is 11.9. The third-order valence-corrected chi connectivity index (χ3v) is 5.18. The summed E-state index contributed by atoms with van der Waals surface area (Å²) >= 11 is 0. The number of nitrogens with one attached hydrogen (secondary N) is 1. The lowest BCUT2D eigenvalue weighted by molar-refractivity contribution is -0.131. The molecule has 18 heavy (non-hydrogen) atoms. The molecule has 0 aromatic carbocycles. The molecular formula is C11H21ClN2O3S. The summed E-state index contributed by atoms with van der Waals surface area (Å²) < 4.78 is 22.5. The van der Waals surface area contributed by atoms with E-state index in [4.69, 9.17) is 0 Å². The summed E-state index contributed by atoms with van der Waals surface area (Å²) in [5, 5.41) is 3.36. The van der Waals surface area contributed by atoms with Crippen LogP contribution in [0, 0.1) is 0 Å². The molecule has 2 heterocycles. The molecule has 0 aromatic heterocycles. The van der Waals surface area contributed by atoms with Crippen LogP contribution in [0.25, 0.3) is 0 Å². The molecule has 0 spiro atoms. The molecular weight excluding hydrogens is 276 g/mol.